The lowest BCUT2D eigenvalue weighted by atomic mass is 9.93. The van der Waals surface area contributed by atoms with Crippen molar-refractivity contribution in [2.45, 2.75) is 24.9 Å². The number of nitrogens with zero attached hydrogens (tertiary/aromatic N) is 2. The summed E-state index contributed by atoms with van der Waals surface area (Å²) in [5, 5.41) is 4.67. The molecule has 0 unspecified atom stereocenters. The van der Waals surface area contributed by atoms with Crippen LogP contribution >= 0.6 is 11.8 Å². The molecular weight excluding hydrogens is 246 g/mol. The molecule has 0 radical (unpaired) electrons. The van der Waals surface area contributed by atoms with Crippen LogP contribution in [-0.4, -0.2) is 34.7 Å². The van der Waals surface area contributed by atoms with Crippen molar-refractivity contribution >= 4 is 16.9 Å². The van der Waals surface area contributed by atoms with E-state index in [0.717, 1.165) is 43.5 Å². The summed E-state index contributed by atoms with van der Waals surface area (Å²) in [6.45, 7) is 2.46. The predicted octanol–water partition coefficient (Wildman–Crippen LogP) is 1.82. The van der Waals surface area contributed by atoms with Gasteiger partial charge in [-0.2, -0.15) is 0 Å². The summed E-state index contributed by atoms with van der Waals surface area (Å²) < 4.78 is 5.42. The minimum Gasteiger partial charge on any atom is -0.381 e. The van der Waals surface area contributed by atoms with Crippen LogP contribution in [0.1, 0.15) is 18.4 Å². The Kier molecular flexibility index (Phi) is 3.52. The zero-order chi connectivity index (χ0) is 12.3. The molecule has 2 aliphatic heterocycles. The second kappa shape index (κ2) is 5.28. The molecule has 3 heterocycles. The summed E-state index contributed by atoms with van der Waals surface area (Å²) in [7, 11) is 0. The lowest BCUT2D eigenvalue weighted by molar-refractivity contribution is 0.0555. The number of aromatic nitrogens is 1. The van der Waals surface area contributed by atoms with Crippen molar-refractivity contribution in [2.75, 3.05) is 19.0 Å². The van der Waals surface area contributed by atoms with Gasteiger partial charge in [-0.15, -0.1) is 0 Å². The Hall–Kier alpha value is -1.07. The largest absolute Gasteiger partial charge is 0.381 e. The number of hydrogen-bond donors (Lipinski definition) is 1. The molecule has 1 N–H and O–H groups in total. The molecule has 0 amide bonds. The molecule has 0 aliphatic carbocycles. The zero-order valence-electron chi connectivity index (χ0n) is 10.3. The molecule has 3 rings (SSSR count). The first-order valence-corrected chi connectivity index (χ1v) is 7.27. The first-order chi connectivity index (χ1) is 8.86. The van der Waals surface area contributed by atoms with Gasteiger partial charge >= 0.3 is 0 Å². The van der Waals surface area contributed by atoms with Gasteiger partial charge in [0.15, 0.2) is 5.17 Å². The molecule has 1 aromatic heterocycles. The monoisotopic (exact) mass is 263 g/mol. The van der Waals surface area contributed by atoms with Crippen LogP contribution in [0.5, 0.6) is 0 Å². The van der Waals surface area contributed by atoms with Crippen LogP contribution in [0.3, 0.4) is 0 Å². The van der Waals surface area contributed by atoms with Crippen LogP contribution in [0.15, 0.2) is 29.5 Å². The standard InChI is InChI=1S/C13H17N3OS/c1-5-14-6-2-11(1)9-15-12-16-13(10-18-12)3-7-17-8-4-13/h1-2,5-6H,3-4,7-10H2,(H,15,16). The molecule has 1 spiro atoms. The van der Waals surface area contributed by atoms with E-state index in [4.69, 9.17) is 4.74 Å². The lowest BCUT2D eigenvalue weighted by Crippen LogP contribution is -2.48. The van der Waals surface area contributed by atoms with Gasteiger partial charge in [-0.05, 0) is 30.5 Å². The van der Waals surface area contributed by atoms with Gasteiger partial charge in [0.2, 0.25) is 0 Å². The molecule has 5 heteroatoms. The number of aliphatic imine (C=N–C) groups is 1. The highest BCUT2D eigenvalue weighted by atomic mass is 32.2. The van der Waals surface area contributed by atoms with E-state index in [-0.39, 0.29) is 5.54 Å². The van der Waals surface area contributed by atoms with Gasteiger partial charge < -0.3 is 10.1 Å². The number of hydrogen-bond acceptors (Lipinski definition) is 4. The molecule has 2 fully saturated rings. The van der Waals surface area contributed by atoms with E-state index in [1.165, 1.54) is 5.56 Å². The fourth-order valence-electron chi connectivity index (χ4n) is 2.27. The third kappa shape index (κ3) is 2.67. The number of nitrogens with one attached hydrogen (secondary N) is 1. The minimum absolute atomic E-state index is 0.236. The average molecular weight is 263 g/mol. The van der Waals surface area contributed by atoms with E-state index in [9.17, 15) is 0 Å². The SMILES string of the molecule is c1cc(CN=C2NC3(CCOCC3)CS2)ccn1. The summed E-state index contributed by atoms with van der Waals surface area (Å²) in [6.07, 6.45) is 5.80. The number of rotatable bonds is 2. The molecule has 18 heavy (non-hydrogen) atoms. The lowest BCUT2D eigenvalue weighted by Gasteiger charge is -2.32. The highest BCUT2D eigenvalue weighted by Crippen LogP contribution is 2.31. The second-order valence-corrected chi connectivity index (χ2v) is 5.75. The Bertz CT molecular complexity index is 429. The molecule has 0 bridgehead atoms. The Morgan fingerprint density at radius 2 is 2.11 bits per heavy atom. The van der Waals surface area contributed by atoms with Gasteiger partial charge in [0, 0.05) is 31.4 Å². The number of amidine groups is 1. The predicted molar refractivity (Wildman–Crippen MR) is 73.8 cm³/mol. The van der Waals surface area contributed by atoms with Crippen molar-refractivity contribution in [1.82, 2.24) is 10.3 Å². The van der Waals surface area contributed by atoms with Crippen molar-refractivity contribution in [3.05, 3.63) is 30.1 Å². The molecule has 2 saturated heterocycles. The third-order valence-electron chi connectivity index (χ3n) is 3.46. The maximum Gasteiger partial charge on any atom is 0.157 e. The molecular formula is C13H17N3OS. The highest BCUT2D eigenvalue weighted by molar-refractivity contribution is 8.14. The zero-order valence-corrected chi connectivity index (χ0v) is 11.1. The van der Waals surface area contributed by atoms with E-state index >= 15 is 0 Å². The Morgan fingerprint density at radius 1 is 1.33 bits per heavy atom. The molecule has 2 aliphatic rings. The minimum atomic E-state index is 0.236. The van der Waals surface area contributed by atoms with Crippen molar-refractivity contribution in [2.24, 2.45) is 4.99 Å². The highest BCUT2D eigenvalue weighted by Gasteiger charge is 2.38. The molecule has 1 aromatic rings. The van der Waals surface area contributed by atoms with Gasteiger partial charge in [0.25, 0.3) is 0 Å². The van der Waals surface area contributed by atoms with E-state index in [0.29, 0.717) is 0 Å². The number of thioether (sulfide) groups is 1. The Morgan fingerprint density at radius 3 is 2.89 bits per heavy atom. The van der Waals surface area contributed by atoms with Gasteiger partial charge in [-0.1, -0.05) is 11.8 Å². The van der Waals surface area contributed by atoms with Crippen LogP contribution in [0, 0.1) is 0 Å². The van der Waals surface area contributed by atoms with Crippen LogP contribution in [-0.2, 0) is 11.3 Å². The van der Waals surface area contributed by atoms with Crippen LogP contribution in [0.4, 0.5) is 0 Å². The normalized spacial score (nSPS) is 24.3. The van der Waals surface area contributed by atoms with Crippen molar-refractivity contribution < 1.29 is 4.74 Å². The topological polar surface area (TPSA) is 46.5 Å². The fourth-order valence-corrected chi connectivity index (χ4v) is 3.49. The quantitative estimate of drug-likeness (QED) is 0.884. The maximum absolute atomic E-state index is 5.42. The van der Waals surface area contributed by atoms with Crippen molar-refractivity contribution in [3.8, 4) is 0 Å². The summed E-state index contributed by atoms with van der Waals surface area (Å²) in [5.74, 6) is 1.12. The first kappa shape index (κ1) is 12.0. The van der Waals surface area contributed by atoms with Gasteiger partial charge in [0.1, 0.15) is 0 Å². The second-order valence-electron chi connectivity index (χ2n) is 4.78. The van der Waals surface area contributed by atoms with Crippen LogP contribution in [0.25, 0.3) is 0 Å². The molecule has 4 nitrogen and oxygen atoms in total. The number of pyridine rings is 1. The van der Waals surface area contributed by atoms with Crippen LogP contribution in [0.2, 0.25) is 0 Å². The smallest absolute Gasteiger partial charge is 0.157 e. The summed E-state index contributed by atoms with van der Waals surface area (Å²) in [6, 6.07) is 4.02. The molecule has 0 aromatic carbocycles. The fraction of sp³-hybridized carbons (Fsp3) is 0.538. The van der Waals surface area contributed by atoms with Crippen LogP contribution < -0.4 is 5.32 Å². The third-order valence-corrected chi connectivity index (χ3v) is 4.66. The van der Waals surface area contributed by atoms with E-state index in [1.807, 2.05) is 36.3 Å². The van der Waals surface area contributed by atoms with E-state index in [2.05, 4.69) is 15.3 Å². The Labute approximate surface area is 111 Å². The van der Waals surface area contributed by atoms with E-state index in [1.54, 1.807) is 0 Å². The molecule has 96 valence electrons. The van der Waals surface area contributed by atoms with Crippen molar-refractivity contribution in [3.63, 3.8) is 0 Å². The first-order valence-electron chi connectivity index (χ1n) is 6.28. The average Bonchev–Trinajstić information content (AvgIpc) is 2.82. The Balaban J connectivity index is 1.61. The van der Waals surface area contributed by atoms with Crippen molar-refractivity contribution in [1.29, 1.82) is 0 Å². The summed E-state index contributed by atoms with van der Waals surface area (Å²) >= 11 is 1.83. The maximum atomic E-state index is 5.42. The van der Waals surface area contributed by atoms with Gasteiger partial charge in [-0.25, -0.2) is 0 Å². The van der Waals surface area contributed by atoms with Gasteiger partial charge in [-0.3, -0.25) is 9.98 Å². The molecule has 0 atom stereocenters. The van der Waals surface area contributed by atoms with E-state index < -0.39 is 0 Å². The summed E-state index contributed by atoms with van der Waals surface area (Å²) in [4.78, 5) is 8.65. The summed E-state index contributed by atoms with van der Waals surface area (Å²) in [5.41, 5.74) is 1.44. The molecule has 0 saturated carbocycles. The number of ether oxygens (including phenoxy) is 1. The van der Waals surface area contributed by atoms with Gasteiger partial charge in [0.05, 0.1) is 12.1 Å².